The van der Waals surface area contributed by atoms with Crippen molar-refractivity contribution in [3.05, 3.63) is 29.3 Å². The van der Waals surface area contributed by atoms with Gasteiger partial charge >= 0.3 is 0 Å². The first kappa shape index (κ1) is 11.1. The molecule has 0 atom stereocenters. The highest BCUT2D eigenvalue weighted by atomic mass is 16.5. The van der Waals surface area contributed by atoms with Crippen molar-refractivity contribution in [1.29, 1.82) is 0 Å². The van der Waals surface area contributed by atoms with Gasteiger partial charge in [-0.05, 0) is 42.9 Å². The Bertz CT molecular complexity index is 407. The molecule has 1 heterocycles. The fourth-order valence-corrected chi connectivity index (χ4v) is 3.35. The van der Waals surface area contributed by atoms with Crippen molar-refractivity contribution in [3.8, 4) is 5.75 Å². The summed E-state index contributed by atoms with van der Waals surface area (Å²) < 4.78 is 5.68. The lowest BCUT2D eigenvalue weighted by atomic mass is 9.78. The van der Waals surface area contributed by atoms with Crippen molar-refractivity contribution in [2.75, 3.05) is 13.2 Å². The van der Waals surface area contributed by atoms with Crippen LogP contribution in [0.25, 0.3) is 0 Å². The van der Waals surface area contributed by atoms with E-state index in [1.165, 1.54) is 36.8 Å². The molecule has 1 aliphatic heterocycles. The first-order chi connectivity index (χ1) is 8.34. The van der Waals surface area contributed by atoms with Crippen LogP contribution in [0.1, 0.15) is 43.2 Å². The van der Waals surface area contributed by atoms with E-state index in [-0.39, 0.29) is 5.41 Å². The molecule has 1 fully saturated rings. The van der Waals surface area contributed by atoms with Gasteiger partial charge < -0.3 is 10.5 Å². The molecule has 0 unspecified atom stereocenters. The van der Waals surface area contributed by atoms with Crippen LogP contribution >= 0.6 is 0 Å². The number of hydrogen-bond acceptors (Lipinski definition) is 2. The van der Waals surface area contributed by atoms with Crippen LogP contribution in [0.4, 0.5) is 0 Å². The molecule has 2 aliphatic rings. The first-order valence-corrected chi connectivity index (χ1v) is 6.80. The molecule has 2 heteroatoms. The first-order valence-electron chi connectivity index (χ1n) is 6.80. The molecule has 1 aromatic rings. The maximum atomic E-state index is 6.05. The quantitative estimate of drug-likeness (QED) is 0.849. The molecule has 1 aliphatic carbocycles. The fraction of sp³-hybridized carbons (Fsp3) is 0.600. The Morgan fingerprint density at radius 2 is 2.00 bits per heavy atom. The Hall–Kier alpha value is -1.02. The molecule has 1 aromatic carbocycles. The molecule has 0 saturated heterocycles. The highest BCUT2D eigenvalue weighted by Crippen LogP contribution is 2.41. The Labute approximate surface area is 103 Å². The highest BCUT2D eigenvalue weighted by molar-refractivity contribution is 5.42. The van der Waals surface area contributed by atoms with E-state index in [0.29, 0.717) is 0 Å². The van der Waals surface area contributed by atoms with E-state index in [4.69, 9.17) is 10.5 Å². The van der Waals surface area contributed by atoms with E-state index in [0.717, 1.165) is 31.7 Å². The van der Waals surface area contributed by atoms with Crippen LogP contribution in [0.3, 0.4) is 0 Å². The van der Waals surface area contributed by atoms with Crippen LogP contribution in [0.15, 0.2) is 18.2 Å². The monoisotopic (exact) mass is 231 g/mol. The molecule has 1 saturated carbocycles. The van der Waals surface area contributed by atoms with Gasteiger partial charge in [0.2, 0.25) is 0 Å². The molecule has 92 valence electrons. The van der Waals surface area contributed by atoms with E-state index < -0.39 is 0 Å². The topological polar surface area (TPSA) is 35.2 Å². The van der Waals surface area contributed by atoms with Gasteiger partial charge in [-0.3, -0.25) is 0 Å². The second-order valence-electron chi connectivity index (χ2n) is 5.47. The third-order valence-corrected chi connectivity index (χ3v) is 4.47. The normalized spacial score (nSPS) is 21.9. The molecule has 0 bridgehead atoms. The number of ether oxygens (including phenoxy) is 1. The lowest BCUT2D eigenvalue weighted by molar-refractivity contribution is 0.287. The summed E-state index contributed by atoms with van der Waals surface area (Å²) in [5.41, 5.74) is 9.13. The van der Waals surface area contributed by atoms with Crippen molar-refractivity contribution in [3.63, 3.8) is 0 Å². The maximum absolute atomic E-state index is 6.05. The molecule has 0 spiro atoms. The predicted molar refractivity (Wildman–Crippen MR) is 69.5 cm³/mol. The van der Waals surface area contributed by atoms with E-state index in [1.807, 2.05) is 0 Å². The zero-order chi connectivity index (χ0) is 11.7. The SMILES string of the molecule is NCC1(c2ccc3c(c2)CCCO3)CCCC1. The summed E-state index contributed by atoms with van der Waals surface area (Å²) in [5.74, 6) is 1.09. The lowest BCUT2D eigenvalue weighted by Crippen LogP contribution is -2.32. The molecule has 0 aromatic heterocycles. The number of rotatable bonds is 2. The number of nitrogens with two attached hydrogens (primary N) is 1. The Balaban J connectivity index is 1.97. The van der Waals surface area contributed by atoms with Crippen LogP contribution in [-0.2, 0) is 11.8 Å². The van der Waals surface area contributed by atoms with Gasteiger partial charge in [-0.15, -0.1) is 0 Å². The van der Waals surface area contributed by atoms with Crippen molar-refractivity contribution in [1.82, 2.24) is 0 Å². The second kappa shape index (κ2) is 4.34. The third-order valence-electron chi connectivity index (χ3n) is 4.47. The molecule has 17 heavy (non-hydrogen) atoms. The minimum Gasteiger partial charge on any atom is -0.493 e. The van der Waals surface area contributed by atoms with Gasteiger partial charge in [0.15, 0.2) is 0 Å². The number of aryl methyl sites for hydroxylation is 1. The Morgan fingerprint density at radius 3 is 2.76 bits per heavy atom. The number of benzene rings is 1. The molecule has 3 rings (SSSR count). The standard InChI is InChI=1S/C15H21NO/c16-11-15(7-1-2-8-15)13-5-6-14-12(10-13)4-3-9-17-14/h5-6,10H,1-4,7-9,11,16H2. The van der Waals surface area contributed by atoms with E-state index in [1.54, 1.807) is 0 Å². The summed E-state index contributed by atoms with van der Waals surface area (Å²) in [6.07, 6.45) is 7.46. The van der Waals surface area contributed by atoms with Gasteiger partial charge in [-0.2, -0.15) is 0 Å². The van der Waals surface area contributed by atoms with Gasteiger partial charge in [-0.25, -0.2) is 0 Å². The Kier molecular flexibility index (Phi) is 2.83. The summed E-state index contributed by atoms with van der Waals surface area (Å²) in [4.78, 5) is 0. The summed E-state index contributed by atoms with van der Waals surface area (Å²) in [6.45, 7) is 1.65. The Morgan fingerprint density at radius 1 is 1.18 bits per heavy atom. The van der Waals surface area contributed by atoms with Crippen LogP contribution < -0.4 is 10.5 Å². The molecular formula is C15H21NO. The molecular weight excluding hydrogens is 210 g/mol. The summed E-state index contributed by atoms with van der Waals surface area (Å²) >= 11 is 0. The van der Waals surface area contributed by atoms with Crippen molar-refractivity contribution < 1.29 is 4.74 Å². The summed E-state index contributed by atoms with van der Waals surface area (Å²) in [5, 5.41) is 0. The van der Waals surface area contributed by atoms with Crippen LogP contribution in [-0.4, -0.2) is 13.2 Å². The minimum atomic E-state index is 0.256. The molecule has 2 nitrogen and oxygen atoms in total. The fourth-order valence-electron chi connectivity index (χ4n) is 3.35. The van der Waals surface area contributed by atoms with Gasteiger partial charge in [0.25, 0.3) is 0 Å². The summed E-state index contributed by atoms with van der Waals surface area (Å²) in [7, 11) is 0. The van der Waals surface area contributed by atoms with E-state index >= 15 is 0 Å². The molecule has 0 amide bonds. The second-order valence-corrected chi connectivity index (χ2v) is 5.47. The largest absolute Gasteiger partial charge is 0.493 e. The zero-order valence-electron chi connectivity index (χ0n) is 10.4. The highest BCUT2D eigenvalue weighted by Gasteiger charge is 2.34. The summed E-state index contributed by atoms with van der Waals surface area (Å²) in [6, 6.07) is 6.74. The molecule has 0 radical (unpaired) electrons. The van der Waals surface area contributed by atoms with Crippen molar-refractivity contribution in [2.45, 2.75) is 43.9 Å². The van der Waals surface area contributed by atoms with Gasteiger partial charge in [-0.1, -0.05) is 25.0 Å². The average Bonchev–Trinajstić information content (AvgIpc) is 2.88. The van der Waals surface area contributed by atoms with Crippen LogP contribution in [0, 0.1) is 0 Å². The van der Waals surface area contributed by atoms with E-state index in [2.05, 4.69) is 18.2 Å². The van der Waals surface area contributed by atoms with Crippen LogP contribution in [0.5, 0.6) is 5.75 Å². The van der Waals surface area contributed by atoms with Gasteiger partial charge in [0, 0.05) is 12.0 Å². The number of hydrogen-bond donors (Lipinski definition) is 1. The third kappa shape index (κ3) is 1.85. The lowest BCUT2D eigenvalue weighted by Gasteiger charge is -2.29. The van der Waals surface area contributed by atoms with Crippen LogP contribution in [0.2, 0.25) is 0 Å². The predicted octanol–water partition coefficient (Wildman–Crippen LogP) is 2.78. The average molecular weight is 231 g/mol. The zero-order valence-corrected chi connectivity index (χ0v) is 10.4. The van der Waals surface area contributed by atoms with Crippen molar-refractivity contribution >= 4 is 0 Å². The maximum Gasteiger partial charge on any atom is 0.122 e. The van der Waals surface area contributed by atoms with E-state index in [9.17, 15) is 0 Å². The van der Waals surface area contributed by atoms with Gasteiger partial charge in [0.1, 0.15) is 5.75 Å². The van der Waals surface area contributed by atoms with Gasteiger partial charge in [0.05, 0.1) is 6.61 Å². The smallest absolute Gasteiger partial charge is 0.122 e. The van der Waals surface area contributed by atoms with Crippen molar-refractivity contribution in [2.24, 2.45) is 5.73 Å². The minimum absolute atomic E-state index is 0.256. The number of fused-ring (bicyclic) bond motifs is 1. The molecule has 2 N–H and O–H groups in total.